The molecule has 0 bridgehead atoms. The van der Waals surface area contributed by atoms with Crippen molar-refractivity contribution in [1.82, 2.24) is 9.55 Å². The first kappa shape index (κ1) is 16.5. The van der Waals surface area contributed by atoms with Crippen molar-refractivity contribution in [2.45, 2.75) is 84.6 Å². The Labute approximate surface area is 123 Å². The molecule has 0 aliphatic carbocycles. The molecule has 0 spiro atoms. The lowest BCUT2D eigenvalue weighted by Crippen LogP contribution is -2.04. The molecule has 0 atom stereocenters. The Hall–Kier alpha value is -0.570. The zero-order valence-electron chi connectivity index (χ0n) is 12.9. The van der Waals surface area contributed by atoms with Crippen molar-refractivity contribution in [3.8, 4) is 0 Å². The lowest BCUT2D eigenvalue weighted by atomic mass is 10.1. The van der Waals surface area contributed by atoms with Crippen molar-refractivity contribution < 1.29 is 0 Å². The van der Waals surface area contributed by atoms with Crippen LogP contribution in [-0.4, -0.2) is 9.55 Å². The summed E-state index contributed by atoms with van der Waals surface area (Å²) in [5.41, 5.74) is 1.34. The first-order chi connectivity index (χ1) is 9.16. The van der Waals surface area contributed by atoms with Crippen molar-refractivity contribution in [2.75, 3.05) is 0 Å². The molecular formula is C16H30N2S. The zero-order chi connectivity index (χ0) is 14.1. The van der Waals surface area contributed by atoms with E-state index >= 15 is 0 Å². The van der Waals surface area contributed by atoms with E-state index in [0.29, 0.717) is 5.92 Å². The second-order valence-electron chi connectivity index (χ2n) is 5.80. The SMILES string of the molecule is CCCCCCCCCCn1c(C(C)C)c[nH]c1=S. The number of nitrogens with zero attached hydrogens (tertiary/aromatic N) is 1. The average Bonchev–Trinajstić information content (AvgIpc) is 2.74. The van der Waals surface area contributed by atoms with Gasteiger partial charge in [-0.25, -0.2) is 0 Å². The Morgan fingerprint density at radius 1 is 1.05 bits per heavy atom. The van der Waals surface area contributed by atoms with E-state index in [-0.39, 0.29) is 0 Å². The highest BCUT2D eigenvalue weighted by Gasteiger charge is 2.07. The van der Waals surface area contributed by atoms with Crippen molar-refractivity contribution in [3.05, 3.63) is 16.7 Å². The molecule has 0 amide bonds. The standard InChI is InChI=1S/C16H30N2S/c1-4-5-6-7-8-9-10-11-12-18-15(14(2)3)13-17-16(18)19/h13-14H,4-12H2,1-3H3,(H,17,19). The third kappa shape index (κ3) is 5.94. The van der Waals surface area contributed by atoms with E-state index in [1.54, 1.807) is 0 Å². The Morgan fingerprint density at radius 2 is 1.63 bits per heavy atom. The maximum Gasteiger partial charge on any atom is 0.177 e. The molecule has 0 aliphatic heterocycles. The van der Waals surface area contributed by atoms with Crippen LogP contribution < -0.4 is 0 Å². The molecule has 0 unspecified atom stereocenters. The Balaban J connectivity index is 2.19. The highest BCUT2D eigenvalue weighted by Crippen LogP contribution is 2.16. The number of hydrogen-bond donors (Lipinski definition) is 1. The monoisotopic (exact) mass is 282 g/mol. The van der Waals surface area contributed by atoms with E-state index in [0.717, 1.165) is 11.3 Å². The van der Waals surface area contributed by atoms with Gasteiger partial charge in [-0.3, -0.25) is 0 Å². The molecule has 0 aromatic carbocycles. The molecule has 2 nitrogen and oxygen atoms in total. The normalized spacial score (nSPS) is 11.4. The molecule has 1 aromatic heterocycles. The second-order valence-corrected chi connectivity index (χ2v) is 6.19. The smallest absolute Gasteiger partial charge is 0.177 e. The lowest BCUT2D eigenvalue weighted by molar-refractivity contribution is 0.529. The molecule has 0 radical (unpaired) electrons. The van der Waals surface area contributed by atoms with Gasteiger partial charge in [0.15, 0.2) is 4.77 Å². The fourth-order valence-corrected chi connectivity index (χ4v) is 2.78. The average molecular weight is 282 g/mol. The summed E-state index contributed by atoms with van der Waals surface area (Å²) in [5, 5.41) is 0. The van der Waals surface area contributed by atoms with Gasteiger partial charge in [-0.15, -0.1) is 0 Å². The van der Waals surface area contributed by atoms with Gasteiger partial charge in [-0.1, -0.05) is 65.7 Å². The number of unbranched alkanes of at least 4 members (excludes halogenated alkanes) is 7. The Kier molecular flexibility index (Phi) is 8.11. The Morgan fingerprint density at radius 3 is 2.21 bits per heavy atom. The summed E-state index contributed by atoms with van der Waals surface area (Å²) in [6, 6.07) is 0. The third-order valence-corrected chi connectivity index (χ3v) is 4.07. The molecule has 1 aromatic rings. The van der Waals surface area contributed by atoms with Crippen LogP contribution in [0.1, 0.15) is 83.7 Å². The predicted molar refractivity (Wildman–Crippen MR) is 86.3 cm³/mol. The summed E-state index contributed by atoms with van der Waals surface area (Å²) in [5.74, 6) is 0.544. The maximum atomic E-state index is 5.35. The first-order valence-electron chi connectivity index (χ1n) is 7.95. The molecule has 0 fully saturated rings. The van der Waals surface area contributed by atoms with Crippen LogP contribution in [0.4, 0.5) is 0 Å². The summed E-state index contributed by atoms with van der Waals surface area (Å²) < 4.78 is 3.16. The number of rotatable bonds is 10. The van der Waals surface area contributed by atoms with E-state index in [9.17, 15) is 0 Å². The summed E-state index contributed by atoms with van der Waals surface area (Å²) in [4.78, 5) is 3.17. The van der Waals surface area contributed by atoms with Gasteiger partial charge in [0.25, 0.3) is 0 Å². The van der Waals surface area contributed by atoms with Crippen LogP contribution in [0.15, 0.2) is 6.20 Å². The van der Waals surface area contributed by atoms with Gasteiger partial charge in [0.2, 0.25) is 0 Å². The van der Waals surface area contributed by atoms with Gasteiger partial charge in [0, 0.05) is 18.4 Å². The second kappa shape index (κ2) is 9.35. The van der Waals surface area contributed by atoms with Gasteiger partial charge in [0.05, 0.1) is 0 Å². The number of hydrogen-bond acceptors (Lipinski definition) is 1. The number of aromatic nitrogens is 2. The number of aromatic amines is 1. The molecule has 0 saturated carbocycles. The summed E-state index contributed by atoms with van der Waals surface area (Å²) >= 11 is 5.35. The van der Waals surface area contributed by atoms with Gasteiger partial charge in [-0.05, 0) is 24.6 Å². The van der Waals surface area contributed by atoms with Crippen LogP contribution in [0, 0.1) is 4.77 Å². The van der Waals surface area contributed by atoms with Crippen molar-refractivity contribution in [1.29, 1.82) is 0 Å². The quantitative estimate of drug-likeness (QED) is 0.424. The van der Waals surface area contributed by atoms with Crippen LogP contribution in [0.5, 0.6) is 0 Å². The topological polar surface area (TPSA) is 20.7 Å². The highest BCUT2D eigenvalue weighted by atomic mass is 32.1. The molecule has 1 heterocycles. The first-order valence-corrected chi connectivity index (χ1v) is 8.35. The van der Waals surface area contributed by atoms with E-state index in [1.807, 2.05) is 0 Å². The van der Waals surface area contributed by atoms with Gasteiger partial charge in [0.1, 0.15) is 0 Å². The third-order valence-electron chi connectivity index (χ3n) is 3.73. The summed E-state index contributed by atoms with van der Waals surface area (Å²) in [6.07, 6.45) is 13.0. The van der Waals surface area contributed by atoms with Gasteiger partial charge in [-0.2, -0.15) is 0 Å². The van der Waals surface area contributed by atoms with Crippen molar-refractivity contribution in [2.24, 2.45) is 0 Å². The van der Waals surface area contributed by atoms with Gasteiger partial charge >= 0.3 is 0 Å². The van der Waals surface area contributed by atoms with Crippen LogP contribution in [0.2, 0.25) is 0 Å². The number of H-pyrrole nitrogens is 1. The maximum absolute atomic E-state index is 5.35. The number of imidazole rings is 1. The van der Waals surface area contributed by atoms with Crippen LogP contribution >= 0.6 is 12.2 Å². The van der Waals surface area contributed by atoms with E-state index in [2.05, 4.69) is 36.5 Å². The van der Waals surface area contributed by atoms with Crippen LogP contribution in [-0.2, 0) is 6.54 Å². The minimum Gasteiger partial charge on any atom is -0.337 e. The van der Waals surface area contributed by atoms with Gasteiger partial charge < -0.3 is 9.55 Å². The molecule has 19 heavy (non-hydrogen) atoms. The molecule has 1 N–H and O–H groups in total. The van der Waals surface area contributed by atoms with E-state index in [1.165, 1.54) is 57.1 Å². The van der Waals surface area contributed by atoms with E-state index in [4.69, 9.17) is 12.2 Å². The predicted octanol–water partition coefficient (Wildman–Crippen LogP) is 5.81. The molecule has 3 heteroatoms. The van der Waals surface area contributed by atoms with E-state index < -0.39 is 0 Å². The minimum atomic E-state index is 0.544. The minimum absolute atomic E-state index is 0.544. The summed E-state index contributed by atoms with van der Waals surface area (Å²) in [7, 11) is 0. The molecule has 0 aliphatic rings. The molecule has 110 valence electrons. The van der Waals surface area contributed by atoms with Crippen molar-refractivity contribution >= 4 is 12.2 Å². The lowest BCUT2D eigenvalue weighted by Gasteiger charge is -2.10. The number of nitrogens with one attached hydrogen (secondary N) is 1. The van der Waals surface area contributed by atoms with Crippen LogP contribution in [0.3, 0.4) is 0 Å². The summed E-state index contributed by atoms with van der Waals surface area (Å²) in [6.45, 7) is 7.79. The largest absolute Gasteiger partial charge is 0.337 e. The zero-order valence-corrected chi connectivity index (χ0v) is 13.7. The van der Waals surface area contributed by atoms with Crippen LogP contribution in [0.25, 0.3) is 0 Å². The molecule has 0 saturated heterocycles. The molecule has 1 rings (SSSR count). The Bertz CT molecular complexity index is 390. The van der Waals surface area contributed by atoms with Crippen molar-refractivity contribution in [3.63, 3.8) is 0 Å². The fraction of sp³-hybridized carbons (Fsp3) is 0.812. The fourth-order valence-electron chi connectivity index (χ4n) is 2.52. The molecular weight excluding hydrogens is 252 g/mol. The highest BCUT2D eigenvalue weighted by molar-refractivity contribution is 7.71.